The molecule has 1 N–H and O–H groups in total. The maximum atomic E-state index is 11.6. The topological polar surface area (TPSA) is 50.8 Å². The molecule has 2 atom stereocenters. The van der Waals surface area contributed by atoms with Crippen molar-refractivity contribution >= 4 is 5.97 Å². The van der Waals surface area contributed by atoms with Gasteiger partial charge in [-0.15, -0.1) is 0 Å². The van der Waals surface area contributed by atoms with Crippen molar-refractivity contribution in [2.75, 3.05) is 40.5 Å². The van der Waals surface area contributed by atoms with Crippen molar-refractivity contribution in [1.82, 2.24) is 10.2 Å². The van der Waals surface area contributed by atoms with Gasteiger partial charge in [0.1, 0.15) is 6.04 Å². The Hall–Kier alpha value is -0.650. The predicted molar refractivity (Wildman–Crippen MR) is 66.0 cm³/mol. The third kappa shape index (κ3) is 4.61. The van der Waals surface area contributed by atoms with Gasteiger partial charge in [0.25, 0.3) is 0 Å². The van der Waals surface area contributed by atoms with Crippen LogP contribution in [0.2, 0.25) is 0 Å². The Morgan fingerprint density at radius 1 is 1.53 bits per heavy atom. The Labute approximate surface area is 103 Å². The van der Waals surface area contributed by atoms with Crippen LogP contribution in [0.4, 0.5) is 0 Å². The maximum Gasteiger partial charge on any atom is 0.322 e. The van der Waals surface area contributed by atoms with Crippen LogP contribution in [0.5, 0.6) is 0 Å². The Morgan fingerprint density at radius 3 is 2.82 bits per heavy atom. The number of rotatable bonds is 7. The van der Waals surface area contributed by atoms with Gasteiger partial charge in [-0.3, -0.25) is 9.69 Å². The van der Waals surface area contributed by atoms with E-state index < -0.39 is 0 Å². The minimum atomic E-state index is -0.211. The molecule has 0 aliphatic carbocycles. The van der Waals surface area contributed by atoms with E-state index in [0.717, 1.165) is 19.6 Å². The van der Waals surface area contributed by atoms with Gasteiger partial charge in [0.15, 0.2) is 0 Å². The zero-order valence-electron chi connectivity index (χ0n) is 11.1. The number of esters is 1. The van der Waals surface area contributed by atoms with Crippen LogP contribution in [-0.2, 0) is 14.3 Å². The lowest BCUT2D eigenvalue weighted by Gasteiger charge is -2.29. The molecule has 0 aromatic heterocycles. The number of ether oxygens (including phenoxy) is 2. The van der Waals surface area contributed by atoms with Crippen molar-refractivity contribution in [3.63, 3.8) is 0 Å². The second-order valence-corrected chi connectivity index (χ2v) is 4.48. The molecular formula is C12H24N2O3. The average molecular weight is 244 g/mol. The highest BCUT2D eigenvalue weighted by molar-refractivity contribution is 5.75. The molecule has 2 unspecified atom stereocenters. The number of methoxy groups -OCH3 is 2. The molecule has 5 heteroatoms. The van der Waals surface area contributed by atoms with E-state index in [0.29, 0.717) is 12.6 Å². The van der Waals surface area contributed by atoms with Gasteiger partial charge in [-0.2, -0.15) is 0 Å². The van der Waals surface area contributed by atoms with Crippen LogP contribution in [-0.4, -0.2) is 63.4 Å². The number of nitrogens with one attached hydrogen (secondary N) is 1. The van der Waals surface area contributed by atoms with Gasteiger partial charge in [-0.1, -0.05) is 0 Å². The summed E-state index contributed by atoms with van der Waals surface area (Å²) < 4.78 is 9.88. The zero-order valence-corrected chi connectivity index (χ0v) is 11.1. The summed E-state index contributed by atoms with van der Waals surface area (Å²) in [6.07, 6.45) is 2.40. The van der Waals surface area contributed by atoms with Crippen LogP contribution in [0.3, 0.4) is 0 Å². The van der Waals surface area contributed by atoms with Crippen LogP contribution in [0.25, 0.3) is 0 Å². The van der Waals surface area contributed by atoms with Crippen molar-refractivity contribution in [3.05, 3.63) is 0 Å². The Bertz CT molecular complexity index is 230. The first-order valence-electron chi connectivity index (χ1n) is 6.23. The van der Waals surface area contributed by atoms with E-state index in [1.807, 2.05) is 6.92 Å². The minimum Gasteiger partial charge on any atom is -0.468 e. The Kier molecular flexibility index (Phi) is 6.47. The summed E-state index contributed by atoms with van der Waals surface area (Å²) in [4.78, 5) is 13.7. The lowest BCUT2D eigenvalue weighted by molar-refractivity contribution is -0.146. The number of carbonyl (C=O) groups is 1. The molecule has 0 saturated carbocycles. The first kappa shape index (κ1) is 14.4. The number of nitrogens with zero attached hydrogens (tertiary/aromatic N) is 1. The largest absolute Gasteiger partial charge is 0.468 e. The van der Waals surface area contributed by atoms with Crippen LogP contribution in [0, 0.1) is 0 Å². The summed E-state index contributed by atoms with van der Waals surface area (Å²) in [5.41, 5.74) is 0. The third-order valence-corrected chi connectivity index (χ3v) is 3.29. The van der Waals surface area contributed by atoms with Crippen molar-refractivity contribution in [1.29, 1.82) is 0 Å². The predicted octanol–water partition coefficient (Wildman–Crippen LogP) is 0.248. The third-order valence-electron chi connectivity index (χ3n) is 3.29. The first-order chi connectivity index (χ1) is 8.19. The lowest BCUT2D eigenvalue weighted by atomic mass is 10.2. The van der Waals surface area contributed by atoms with Crippen LogP contribution >= 0.6 is 0 Å². The van der Waals surface area contributed by atoms with E-state index in [2.05, 4.69) is 10.2 Å². The molecule has 1 rings (SSSR count). The second kappa shape index (κ2) is 7.63. The molecule has 100 valence electrons. The number of hydrogen-bond acceptors (Lipinski definition) is 5. The fraction of sp³-hybridized carbons (Fsp3) is 0.917. The highest BCUT2D eigenvalue weighted by atomic mass is 16.5. The normalized spacial score (nSPS) is 21.8. The average Bonchev–Trinajstić information content (AvgIpc) is 2.85. The highest BCUT2D eigenvalue weighted by Gasteiger charge is 2.25. The second-order valence-electron chi connectivity index (χ2n) is 4.48. The summed E-state index contributed by atoms with van der Waals surface area (Å²) in [6.45, 7) is 5.23. The molecule has 1 heterocycles. The van der Waals surface area contributed by atoms with E-state index in [4.69, 9.17) is 9.47 Å². The molecule has 0 amide bonds. The molecule has 0 aromatic rings. The molecule has 1 aliphatic rings. The molecule has 0 radical (unpaired) electrons. The van der Waals surface area contributed by atoms with E-state index >= 15 is 0 Å². The Balaban J connectivity index is 2.48. The molecule has 0 bridgehead atoms. The van der Waals surface area contributed by atoms with Gasteiger partial charge in [-0.25, -0.2) is 0 Å². The van der Waals surface area contributed by atoms with Gasteiger partial charge < -0.3 is 14.8 Å². The van der Waals surface area contributed by atoms with E-state index in [-0.39, 0.29) is 12.0 Å². The van der Waals surface area contributed by atoms with Crippen LogP contribution in [0.15, 0.2) is 0 Å². The van der Waals surface area contributed by atoms with Crippen LogP contribution in [0.1, 0.15) is 19.8 Å². The fourth-order valence-corrected chi connectivity index (χ4v) is 2.17. The van der Waals surface area contributed by atoms with E-state index in [1.54, 1.807) is 7.11 Å². The van der Waals surface area contributed by atoms with Crippen molar-refractivity contribution in [2.45, 2.75) is 31.8 Å². The minimum absolute atomic E-state index is 0.181. The van der Waals surface area contributed by atoms with Gasteiger partial charge in [0.05, 0.1) is 13.7 Å². The quantitative estimate of drug-likeness (QED) is 0.651. The smallest absolute Gasteiger partial charge is 0.322 e. The molecule has 0 aromatic carbocycles. The molecule has 1 fully saturated rings. The molecule has 1 saturated heterocycles. The Morgan fingerprint density at radius 2 is 2.29 bits per heavy atom. The van der Waals surface area contributed by atoms with Crippen molar-refractivity contribution in [2.24, 2.45) is 0 Å². The lowest BCUT2D eigenvalue weighted by Crippen LogP contribution is -2.47. The first-order valence-corrected chi connectivity index (χ1v) is 6.23. The zero-order chi connectivity index (χ0) is 12.7. The van der Waals surface area contributed by atoms with Crippen molar-refractivity contribution in [3.8, 4) is 0 Å². The maximum absolute atomic E-state index is 11.6. The van der Waals surface area contributed by atoms with Crippen LogP contribution < -0.4 is 5.32 Å². The standard InChI is InChI=1S/C12H24N2O3/c1-10(12(15)17-3)14(7-8-16-2)9-11-5-4-6-13-11/h10-11,13H,4-9H2,1-3H3. The molecular weight excluding hydrogens is 220 g/mol. The van der Waals surface area contributed by atoms with E-state index in [9.17, 15) is 4.79 Å². The summed E-state index contributed by atoms with van der Waals surface area (Å²) in [5.74, 6) is -0.181. The highest BCUT2D eigenvalue weighted by Crippen LogP contribution is 2.10. The summed E-state index contributed by atoms with van der Waals surface area (Å²) >= 11 is 0. The summed E-state index contributed by atoms with van der Waals surface area (Å²) in [5, 5.41) is 3.44. The molecule has 5 nitrogen and oxygen atoms in total. The summed E-state index contributed by atoms with van der Waals surface area (Å²) in [7, 11) is 3.11. The fourth-order valence-electron chi connectivity index (χ4n) is 2.17. The molecule has 1 aliphatic heterocycles. The molecule has 17 heavy (non-hydrogen) atoms. The number of hydrogen-bond donors (Lipinski definition) is 1. The van der Waals surface area contributed by atoms with E-state index in [1.165, 1.54) is 20.0 Å². The SMILES string of the molecule is COCCN(CC1CCCN1)C(C)C(=O)OC. The summed E-state index contributed by atoms with van der Waals surface area (Å²) in [6, 6.07) is 0.275. The van der Waals surface area contributed by atoms with Gasteiger partial charge in [0, 0.05) is 26.2 Å². The molecule has 0 spiro atoms. The van der Waals surface area contributed by atoms with Gasteiger partial charge in [-0.05, 0) is 26.3 Å². The van der Waals surface area contributed by atoms with Gasteiger partial charge in [0.2, 0.25) is 0 Å². The number of carbonyl (C=O) groups excluding carboxylic acids is 1. The van der Waals surface area contributed by atoms with Gasteiger partial charge >= 0.3 is 5.97 Å². The van der Waals surface area contributed by atoms with Crippen molar-refractivity contribution < 1.29 is 14.3 Å². The monoisotopic (exact) mass is 244 g/mol.